The van der Waals surface area contributed by atoms with E-state index in [-0.39, 0.29) is 19.6 Å². The number of carbonyl (C=O) groups is 1. The summed E-state index contributed by atoms with van der Waals surface area (Å²) in [5, 5.41) is 9.82. The number of anilines is 1. The van der Waals surface area contributed by atoms with Gasteiger partial charge >= 0.3 is 12.3 Å². The van der Waals surface area contributed by atoms with Crippen LogP contribution in [0.2, 0.25) is 0 Å². The lowest BCUT2D eigenvalue weighted by Crippen LogP contribution is -2.32. The number of carboxylic acid groups (broad SMARTS) is 1. The molecule has 2 aromatic carbocycles. The Morgan fingerprint density at radius 1 is 1.00 bits per heavy atom. The smallest absolute Gasteiger partial charge is 0.432 e. The highest BCUT2D eigenvalue weighted by Crippen LogP contribution is 2.35. The van der Waals surface area contributed by atoms with Gasteiger partial charge in [-0.1, -0.05) is 67.6 Å². The Balaban J connectivity index is 2.24. The maximum Gasteiger partial charge on any atom is 0.432 e. The molecule has 3 aromatic rings. The molecule has 1 aromatic heterocycles. The van der Waals surface area contributed by atoms with Crippen molar-refractivity contribution in [2.45, 2.75) is 32.6 Å². The van der Waals surface area contributed by atoms with E-state index in [0.29, 0.717) is 26.9 Å². The number of hydrogen-bond donors (Lipinski definition) is 1. The van der Waals surface area contributed by atoms with Crippen molar-refractivity contribution in [1.29, 1.82) is 0 Å². The van der Waals surface area contributed by atoms with Crippen molar-refractivity contribution < 1.29 is 23.1 Å². The fourth-order valence-electron chi connectivity index (χ4n) is 3.50. The van der Waals surface area contributed by atoms with Crippen molar-refractivity contribution in [1.82, 2.24) is 9.36 Å². The van der Waals surface area contributed by atoms with E-state index in [1.165, 1.54) is 4.90 Å². The van der Waals surface area contributed by atoms with Crippen molar-refractivity contribution in [3.8, 4) is 0 Å². The van der Waals surface area contributed by atoms with E-state index in [4.69, 9.17) is 0 Å². The number of nitrogens with zero attached hydrogens (tertiary/aromatic N) is 3. The number of alkyl halides is 3. The van der Waals surface area contributed by atoms with Gasteiger partial charge in [0.1, 0.15) is 0 Å². The highest BCUT2D eigenvalue weighted by Gasteiger charge is 2.44. The van der Waals surface area contributed by atoms with Crippen LogP contribution < -0.4 is 10.5 Å². The average molecular weight is 433 g/mol. The monoisotopic (exact) mass is 433 g/mol. The second-order valence-corrected chi connectivity index (χ2v) is 7.05. The molecule has 164 valence electrons. The van der Waals surface area contributed by atoms with Crippen LogP contribution in [-0.2, 0) is 19.3 Å². The summed E-state index contributed by atoms with van der Waals surface area (Å²) in [7, 11) is 0. The third kappa shape index (κ3) is 4.82. The van der Waals surface area contributed by atoms with Gasteiger partial charge in [-0.3, -0.25) is 4.79 Å². The van der Waals surface area contributed by atoms with Gasteiger partial charge in [-0.15, -0.1) is 0 Å². The molecule has 0 fully saturated rings. The van der Waals surface area contributed by atoms with Crippen LogP contribution >= 0.6 is 0 Å². The molecule has 0 atom stereocenters. The van der Waals surface area contributed by atoms with Gasteiger partial charge in [0.25, 0.3) is 5.56 Å². The minimum absolute atomic E-state index is 0.0276. The topological polar surface area (TPSA) is 67.5 Å². The van der Waals surface area contributed by atoms with E-state index in [2.05, 4.69) is 0 Å². The van der Waals surface area contributed by atoms with Crippen molar-refractivity contribution >= 4 is 11.9 Å². The molecule has 9 heteroatoms. The summed E-state index contributed by atoms with van der Waals surface area (Å²) in [6, 6.07) is 17.0. The van der Waals surface area contributed by atoms with Crippen LogP contribution in [0, 0.1) is 0 Å². The standard InChI is InChI=1S/C22H22F3N3O3/c1-2-13-26(14-16-9-5-3-6-10-16)19-18(22(23,24)25)20(29)27(28(19)21(30)31)15-17-11-7-4-8-12-17/h3-12H,2,13-15H2,1H3,(H,30,31). The quantitative estimate of drug-likeness (QED) is 0.589. The van der Waals surface area contributed by atoms with E-state index >= 15 is 0 Å². The highest BCUT2D eigenvalue weighted by molar-refractivity contribution is 5.74. The van der Waals surface area contributed by atoms with E-state index < -0.39 is 29.2 Å². The Bertz CT molecular complexity index is 1090. The molecule has 0 bridgehead atoms. The van der Waals surface area contributed by atoms with E-state index in [1.54, 1.807) is 67.6 Å². The number of aromatic nitrogens is 2. The molecule has 0 spiro atoms. The molecule has 1 heterocycles. The third-order valence-corrected chi connectivity index (χ3v) is 4.76. The second-order valence-electron chi connectivity index (χ2n) is 7.05. The van der Waals surface area contributed by atoms with Crippen LogP contribution in [0.3, 0.4) is 0 Å². The average Bonchev–Trinajstić information content (AvgIpc) is 3.02. The lowest BCUT2D eigenvalue weighted by molar-refractivity contribution is -0.138. The van der Waals surface area contributed by atoms with Gasteiger partial charge in [-0.25, -0.2) is 9.48 Å². The molecule has 1 N–H and O–H groups in total. The maximum absolute atomic E-state index is 14.0. The van der Waals surface area contributed by atoms with Crippen LogP contribution in [0.1, 0.15) is 30.0 Å². The fraction of sp³-hybridized carbons (Fsp3) is 0.273. The molecule has 6 nitrogen and oxygen atoms in total. The largest absolute Gasteiger partial charge is 0.463 e. The van der Waals surface area contributed by atoms with Gasteiger partial charge < -0.3 is 10.0 Å². The molecule has 3 rings (SSSR count). The summed E-state index contributed by atoms with van der Waals surface area (Å²) in [5.74, 6) is -0.661. The Morgan fingerprint density at radius 2 is 1.55 bits per heavy atom. The summed E-state index contributed by atoms with van der Waals surface area (Å²) in [4.78, 5) is 26.3. The zero-order chi connectivity index (χ0) is 22.6. The zero-order valence-corrected chi connectivity index (χ0v) is 16.8. The van der Waals surface area contributed by atoms with Crippen LogP contribution in [0.15, 0.2) is 65.5 Å². The lowest BCUT2D eigenvalue weighted by Gasteiger charge is -2.26. The molecular weight excluding hydrogens is 411 g/mol. The summed E-state index contributed by atoms with van der Waals surface area (Å²) in [6.45, 7) is 1.63. The third-order valence-electron chi connectivity index (χ3n) is 4.76. The van der Waals surface area contributed by atoms with Crippen LogP contribution in [0.25, 0.3) is 0 Å². The van der Waals surface area contributed by atoms with E-state index in [9.17, 15) is 27.9 Å². The molecule has 0 saturated carbocycles. The molecule has 31 heavy (non-hydrogen) atoms. The molecule has 0 saturated heterocycles. The maximum atomic E-state index is 14.0. The molecule has 0 unspecified atom stereocenters. The normalized spacial score (nSPS) is 11.5. The first-order chi connectivity index (χ1) is 14.7. The van der Waals surface area contributed by atoms with Crippen molar-refractivity contribution in [3.63, 3.8) is 0 Å². The Morgan fingerprint density at radius 3 is 2.03 bits per heavy atom. The Labute approximate surface area is 176 Å². The molecule has 0 amide bonds. The minimum atomic E-state index is -5.02. The Kier molecular flexibility index (Phi) is 6.53. The van der Waals surface area contributed by atoms with Gasteiger partial charge in [0.15, 0.2) is 11.4 Å². The highest BCUT2D eigenvalue weighted by atomic mass is 19.4. The molecule has 0 radical (unpaired) electrons. The minimum Gasteiger partial charge on any atom is -0.463 e. The van der Waals surface area contributed by atoms with Gasteiger partial charge in [-0.2, -0.15) is 17.9 Å². The van der Waals surface area contributed by atoms with Gasteiger partial charge in [0.2, 0.25) is 0 Å². The van der Waals surface area contributed by atoms with E-state index in [0.717, 1.165) is 0 Å². The molecule has 0 aliphatic carbocycles. The zero-order valence-electron chi connectivity index (χ0n) is 16.8. The summed E-state index contributed by atoms with van der Waals surface area (Å²) < 4.78 is 43.0. The van der Waals surface area contributed by atoms with Crippen molar-refractivity contribution in [2.75, 3.05) is 11.4 Å². The lowest BCUT2D eigenvalue weighted by atomic mass is 10.2. The summed E-state index contributed by atoms with van der Waals surface area (Å²) in [6.07, 6.45) is -6.22. The number of rotatable bonds is 7. The first-order valence-electron chi connectivity index (χ1n) is 9.73. The fourth-order valence-corrected chi connectivity index (χ4v) is 3.50. The molecular formula is C22H22F3N3O3. The van der Waals surface area contributed by atoms with Crippen molar-refractivity contribution in [2.24, 2.45) is 0 Å². The van der Waals surface area contributed by atoms with Crippen LogP contribution in [0.5, 0.6) is 0 Å². The van der Waals surface area contributed by atoms with Gasteiger partial charge in [-0.05, 0) is 17.5 Å². The first-order valence-corrected chi connectivity index (χ1v) is 9.73. The molecule has 0 aliphatic rings. The SMILES string of the molecule is CCCN(Cc1ccccc1)c1c(C(F)(F)F)c(=O)n(Cc2ccccc2)n1C(=O)O. The molecule has 0 aliphatic heterocycles. The van der Waals surface area contributed by atoms with Crippen molar-refractivity contribution in [3.05, 3.63) is 87.7 Å². The first kappa shape index (κ1) is 22.2. The van der Waals surface area contributed by atoms with Crippen LogP contribution in [-0.4, -0.2) is 27.1 Å². The van der Waals surface area contributed by atoms with Gasteiger partial charge in [0.05, 0.1) is 6.54 Å². The van der Waals surface area contributed by atoms with E-state index in [1.807, 2.05) is 0 Å². The number of halogens is 3. The van der Waals surface area contributed by atoms with Crippen LogP contribution in [0.4, 0.5) is 23.8 Å². The summed E-state index contributed by atoms with van der Waals surface area (Å²) in [5.41, 5.74) is -1.66. The Hall–Kier alpha value is -3.49. The second kappa shape index (κ2) is 9.11. The predicted molar refractivity (Wildman–Crippen MR) is 110 cm³/mol. The number of hydrogen-bond acceptors (Lipinski definition) is 3. The predicted octanol–water partition coefficient (Wildman–Crippen LogP) is 4.66. The number of benzene rings is 2. The summed E-state index contributed by atoms with van der Waals surface area (Å²) >= 11 is 0. The van der Waals surface area contributed by atoms with Gasteiger partial charge in [0, 0.05) is 13.1 Å².